The molecule has 0 saturated heterocycles. The summed E-state index contributed by atoms with van der Waals surface area (Å²) in [7, 11) is 0. The maximum atomic E-state index is 2.36. The summed E-state index contributed by atoms with van der Waals surface area (Å²) >= 11 is 0. The first-order valence-corrected chi connectivity index (χ1v) is 10.8. The van der Waals surface area contributed by atoms with E-state index in [9.17, 15) is 0 Å². The Labute approximate surface area is 141 Å². The van der Waals surface area contributed by atoms with Gasteiger partial charge in [0.2, 0.25) is 0 Å². The van der Waals surface area contributed by atoms with Gasteiger partial charge in [-0.3, -0.25) is 0 Å². The molecule has 0 aromatic rings. The standard InChI is InChI=1S/C22H44/c1-3-5-7-8-9-10-11-12-13-15-19-22(18-6-4-2)20-16-14-17-21-22/h3-21H2,1-2H3. The molecule has 0 bridgehead atoms. The zero-order valence-corrected chi connectivity index (χ0v) is 15.9. The van der Waals surface area contributed by atoms with Crippen molar-refractivity contribution >= 4 is 0 Å². The molecule has 1 rings (SSSR count). The monoisotopic (exact) mass is 308 g/mol. The van der Waals surface area contributed by atoms with Crippen molar-refractivity contribution in [2.75, 3.05) is 0 Å². The molecule has 0 aromatic heterocycles. The molecule has 132 valence electrons. The fourth-order valence-electron chi connectivity index (χ4n) is 4.47. The van der Waals surface area contributed by atoms with E-state index >= 15 is 0 Å². The lowest BCUT2D eigenvalue weighted by Gasteiger charge is -2.38. The van der Waals surface area contributed by atoms with Crippen LogP contribution in [0.15, 0.2) is 0 Å². The molecule has 1 fully saturated rings. The summed E-state index contributed by atoms with van der Waals surface area (Å²) in [5.41, 5.74) is 0.772. The number of hydrogen-bond acceptors (Lipinski definition) is 0. The van der Waals surface area contributed by atoms with Gasteiger partial charge in [0.1, 0.15) is 0 Å². The minimum Gasteiger partial charge on any atom is -0.0654 e. The summed E-state index contributed by atoms with van der Waals surface area (Å²) < 4.78 is 0. The van der Waals surface area contributed by atoms with Crippen LogP contribution in [0.4, 0.5) is 0 Å². The average molecular weight is 309 g/mol. The van der Waals surface area contributed by atoms with Gasteiger partial charge in [-0.1, -0.05) is 110 Å². The van der Waals surface area contributed by atoms with Gasteiger partial charge in [0.15, 0.2) is 0 Å². The number of hydrogen-bond donors (Lipinski definition) is 0. The quantitative estimate of drug-likeness (QED) is 0.282. The summed E-state index contributed by atoms with van der Waals surface area (Å²) in [6.45, 7) is 4.66. The zero-order chi connectivity index (χ0) is 15.9. The van der Waals surface area contributed by atoms with Gasteiger partial charge < -0.3 is 0 Å². The molecule has 0 heteroatoms. The topological polar surface area (TPSA) is 0 Å². The van der Waals surface area contributed by atoms with Crippen LogP contribution in [-0.2, 0) is 0 Å². The van der Waals surface area contributed by atoms with Gasteiger partial charge >= 0.3 is 0 Å². The Morgan fingerprint density at radius 2 is 0.955 bits per heavy atom. The highest BCUT2D eigenvalue weighted by atomic mass is 14.4. The SMILES string of the molecule is CCCCCCCCCCCCC1(CCCC)CCCCC1. The summed E-state index contributed by atoms with van der Waals surface area (Å²) in [6.07, 6.45) is 28.3. The van der Waals surface area contributed by atoms with Crippen molar-refractivity contribution in [3.05, 3.63) is 0 Å². The molecular formula is C22H44. The first-order chi connectivity index (χ1) is 10.8. The van der Waals surface area contributed by atoms with E-state index in [1.165, 1.54) is 103 Å². The third-order valence-electron chi connectivity index (χ3n) is 6.04. The van der Waals surface area contributed by atoms with Crippen LogP contribution in [0.3, 0.4) is 0 Å². The molecule has 1 aliphatic rings. The Morgan fingerprint density at radius 3 is 1.50 bits per heavy atom. The molecule has 0 atom stereocenters. The second kappa shape index (κ2) is 13.4. The first-order valence-electron chi connectivity index (χ1n) is 10.8. The average Bonchev–Trinajstić information content (AvgIpc) is 2.56. The van der Waals surface area contributed by atoms with Crippen LogP contribution in [0.25, 0.3) is 0 Å². The second-order valence-corrected chi connectivity index (χ2v) is 8.10. The molecule has 0 unspecified atom stereocenters. The highest BCUT2D eigenvalue weighted by molar-refractivity contribution is 4.82. The minimum absolute atomic E-state index is 0.772. The van der Waals surface area contributed by atoms with Crippen molar-refractivity contribution in [2.45, 2.75) is 136 Å². The van der Waals surface area contributed by atoms with Crippen molar-refractivity contribution in [1.82, 2.24) is 0 Å². The molecule has 1 saturated carbocycles. The largest absolute Gasteiger partial charge is 0.0654 e. The summed E-state index contributed by atoms with van der Waals surface area (Å²) in [5.74, 6) is 0. The Morgan fingerprint density at radius 1 is 0.500 bits per heavy atom. The lowest BCUT2D eigenvalue weighted by Crippen LogP contribution is -2.24. The van der Waals surface area contributed by atoms with Crippen LogP contribution >= 0.6 is 0 Å². The number of rotatable bonds is 14. The highest BCUT2D eigenvalue weighted by Crippen LogP contribution is 2.44. The van der Waals surface area contributed by atoms with Crippen LogP contribution in [0.1, 0.15) is 136 Å². The fourth-order valence-corrected chi connectivity index (χ4v) is 4.47. The smallest absolute Gasteiger partial charge is 0.0297 e. The van der Waals surface area contributed by atoms with Gasteiger partial charge in [0.25, 0.3) is 0 Å². The van der Waals surface area contributed by atoms with Crippen LogP contribution < -0.4 is 0 Å². The van der Waals surface area contributed by atoms with E-state index in [0.717, 1.165) is 5.41 Å². The Hall–Kier alpha value is 0. The minimum atomic E-state index is 0.772. The summed E-state index contributed by atoms with van der Waals surface area (Å²) in [5, 5.41) is 0. The van der Waals surface area contributed by atoms with Crippen LogP contribution in [0.2, 0.25) is 0 Å². The predicted octanol–water partition coefficient (Wildman–Crippen LogP) is 8.44. The third kappa shape index (κ3) is 9.21. The van der Waals surface area contributed by atoms with Crippen molar-refractivity contribution in [2.24, 2.45) is 5.41 Å². The Bertz CT molecular complexity index is 224. The summed E-state index contributed by atoms with van der Waals surface area (Å²) in [4.78, 5) is 0. The van der Waals surface area contributed by atoms with Crippen LogP contribution in [0.5, 0.6) is 0 Å². The molecule has 1 aliphatic carbocycles. The first kappa shape index (κ1) is 20.0. The second-order valence-electron chi connectivity index (χ2n) is 8.10. The van der Waals surface area contributed by atoms with Gasteiger partial charge in [0, 0.05) is 0 Å². The lowest BCUT2D eigenvalue weighted by molar-refractivity contribution is 0.147. The van der Waals surface area contributed by atoms with Crippen molar-refractivity contribution in [3.63, 3.8) is 0 Å². The fraction of sp³-hybridized carbons (Fsp3) is 1.00. The number of unbranched alkanes of at least 4 members (excludes halogenated alkanes) is 10. The molecule has 0 aliphatic heterocycles. The molecule has 0 heterocycles. The maximum absolute atomic E-state index is 2.36. The Balaban J connectivity index is 2.01. The molecule has 0 spiro atoms. The van der Waals surface area contributed by atoms with Crippen molar-refractivity contribution in [1.29, 1.82) is 0 Å². The van der Waals surface area contributed by atoms with E-state index < -0.39 is 0 Å². The van der Waals surface area contributed by atoms with Crippen LogP contribution in [0, 0.1) is 5.41 Å². The highest BCUT2D eigenvalue weighted by Gasteiger charge is 2.30. The van der Waals surface area contributed by atoms with Gasteiger partial charge in [-0.2, -0.15) is 0 Å². The zero-order valence-electron chi connectivity index (χ0n) is 15.9. The van der Waals surface area contributed by atoms with Gasteiger partial charge in [-0.15, -0.1) is 0 Å². The third-order valence-corrected chi connectivity index (χ3v) is 6.04. The molecule has 0 nitrogen and oxygen atoms in total. The molecule has 0 radical (unpaired) electrons. The van der Waals surface area contributed by atoms with Crippen molar-refractivity contribution < 1.29 is 0 Å². The normalized spacial score (nSPS) is 17.7. The molecule has 0 aromatic carbocycles. The lowest BCUT2D eigenvalue weighted by atomic mass is 9.68. The van der Waals surface area contributed by atoms with E-state index in [2.05, 4.69) is 13.8 Å². The molecule has 0 N–H and O–H groups in total. The molecular weight excluding hydrogens is 264 g/mol. The van der Waals surface area contributed by atoms with E-state index in [4.69, 9.17) is 0 Å². The van der Waals surface area contributed by atoms with Gasteiger partial charge in [-0.05, 0) is 31.1 Å². The van der Waals surface area contributed by atoms with Crippen LogP contribution in [-0.4, -0.2) is 0 Å². The van der Waals surface area contributed by atoms with E-state index in [1.54, 1.807) is 19.3 Å². The van der Waals surface area contributed by atoms with Gasteiger partial charge in [-0.25, -0.2) is 0 Å². The van der Waals surface area contributed by atoms with Crippen molar-refractivity contribution in [3.8, 4) is 0 Å². The Kier molecular flexibility index (Phi) is 12.2. The molecule has 0 amide bonds. The van der Waals surface area contributed by atoms with E-state index in [-0.39, 0.29) is 0 Å². The van der Waals surface area contributed by atoms with E-state index in [0.29, 0.717) is 0 Å². The van der Waals surface area contributed by atoms with Gasteiger partial charge in [0.05, 0.1) is 0 Å². The predicted molar refractivity (Wildman–Crippen MR) is 102 cm³/mol. The summed E-state index contributed by atoms with van der Waals surface area (Å²) in [6, 6.07) is 0. The molecule has 22 heavy (non-hydrogen) atoms. The maximum Gasteiger partial charge on any atom is -0.0297 e. The van der Waals surface area contributed by atoms with E-state index in [1.807, 2.05) is 0 Å².